The number of nitro benzene ring substituents is 1. The van der Waals surface area contributed by atoms with E-state index in [1.54, 1.807) is 13.0 Å². The van der Waals surface area contributed by atoms with Crippen molar-refractivity contribution in [1.82, 2.24) is 4.90 Å². The third-order valence-electron chi connectivity index (χ3n) is 4.01. The van der Waals surface area contributed by atoms with Gasteiger partial charge in [-0.3, -0.25) is 15.0 Å². The predicted octanol–water partition coefficient (Wildman–Crippen LogP) is 2.50. The summed E-state index contributed by atoms with van der Waals surface area (Å²) in [5.41, 5.74) is 7.90. The molecule has 1 atom stereocenters. The van der Waals surface area contributed by atoms with Gasteiger partial charge in [0.2, 0.25) is 0 Å². The Morgan fingerprint density at radius 1 is 1.50 bits per heavy atom. The van der Waals surface area contributed by atoms with Crippen LogP contribution in [0.3, 0.4) is 0 Å². The van der Waals surface area contributed by atoms with Gasteiger partial charge in [0, 0.05) is 24.7 Å². The Hall–Kier alpha value is -1.17. The van der Waals surface area contributed by atoms with Crippen molar-refractivity contribution in [1.29, 1.82) is 0 Å². The van der Waals surface area contributed by atoms with Crippen molar-refractivity contribution in [3.63, 3.8) is 0 Å². The van der Waals surface area contributed by atoms with Crippen molar-refractivity contribution in [2.75, 3.05) is 19.6 Å². The van der Waals surface area contributed by atoms with E-state index < -0.39 is 0 Å². The monoisotopic (exact) mass is 299 g/mol. The Labute approximate surface area is 125 Å². The molecule has 1 heterocycles. The largest absolute Gasteiger partial charge is 0.330 e. The molecule has 0 radical (unpaired) electrons. The van der Waals surface area contributed by atoms with E-state index >= 15 is 0 Å². The van der Waals surface area contributed by atoms with Crippen LogP contribution in [-0.4, -0.2) is 29.5 Å². The normalized spacial score (nSPS) is 22.6. The predicted molar refractivity (Wildman–Crippen MR) is 82.1 cm³/mol. The smallest absolute Gasteiger partial charge is 0.272 e. The summed E-state index contributed by atoms with van der Waals surface area (Å²) in [7, 11) is 0. The van der Waals surface area contributed by atoms with Crippen LogP contribution in [0.5, 0.6) is 0 Å². The average molecular weight is 300 g/mol. The topological polar surface area (TPSA) is 72.4 Å². The molecule has 0 saturated carbocycles. The fraction of sp³-hybridized carbons (Fsp3) is 0.571. The van der Waals surface area contributed by atoms with E-state index in [2.05, 4.69) is 11.8 Å². The number of hydrogen-bond donors (Lipinski definition) is 1. The maximum absolute atomic E-state index is 10.9. The second-order valence-electron chi connectivity index (χ2n) is 5.85. The summed E-state index contributed by atoms with van der Waals surface area (Å²) in [6.07, 6.45) is 1.09. The molecule has 1 fully saturated rings. The molecule has 1 aromatic rings. The number of benzene rings is 1. The standard InChI is InChI=1S/C14H21N3O2.ClH/c1-11-3-4-12(7-13(11)17(18)19)8-16-6-5-14(2,9-15)10-16;/h3-4,7H,5-6,8-10,15H2,1-2H3;1H. The first-order chi connectivity index (χ1) is 8.93. The molecule has 2 rings (SSSR count). The molecular weight excluding hydrogens is 278 g/mol. The molecule has 0 amide bonds. The van der Waals surface area contributed by atoms with Crippen LogP contribution in [0.1, 0.15) is 24.5 Å². The van der Waals surface area contributed by atoms with Gasteiger partial charge in [-0.15, -0.1) is 12.4 Å². The maximum Gasteiger partial charge on any atom is 0.272 e. The summed E-state index contributed by atoms with van der Waals surface area (Å²) >= 11 is 0. The molecule has 0 spiro atoms. The van der Waals surface area contributed by atoms with Crippen molar-refractivity contribution in [2.24, 2.45) is 11.1 Å². The second-order valence-corrected chi connectivity index (χ2v) is 5.85. The number of nitro groups is 1. The van der Waals surface area contributed by atoms with Gasteiger partial charge in [-0.1, -0.05) is 19.1 Å². The van der Waals surface area contributed by atoms with Crippen molar-refractivity contribution in [2.45, 2.75) is 26.8 Å². The number of rotatable bonds is 4. The van der Waals surface area contributed by atoms with E-state index in [1.165, 1.54) is 0 Å². The van der Waals surface area contributed by atoms with Gasteiger partial charge in [0.1, 0.15) is 0 Å². The van der Waals surface area contributed by atoms with Crippen molar-refractivity contribution >= 4 is 18.1 Å². The van der Waals surface area contributed by atoms with Crippen molar-refractivity contribution < 1.29 is 4.92 Å². The summed E-state index contributed by atoms with van der Waals surface area (Å²) in [5, 5.41) is 10.9. The lowest BCUT2D eigenvalue weighted by molar-refractivity contribution is -0.385. The molecule has 1 unspecified atom stereocenters. The van der Waals surface area contributed by atoms with Crippen LogP contribution < -0.4 is 5.73 Å². The zero-order chi connectivity index (χ0) is 14.0. The van der Waals surface area contributed by atoms with Gasteiger partial charge in [0.15, 0.2) is 0 Å². The summed E-state index contributed by atoms with van der Waals surface area (Å²) in [5.74, 6) is 0. The number of hydrogen-bond acceptors (Lipinski definition) is 4. The summed E-state index contributed by atoms with van der Waals surface area (Å²) in [6.45, 7) is 7.39. The molecule has 2 N–H and O–H groups in total. The number of aryl methyl sites for hydroxylation is 1. The lowest BCUT2D eigenvalue weighted by Gasteiger charge is -2.22. The SMILES string of the molecule is Cc1ccc(CN2CCC(C)(CN)C2)cc1[N+](=O)[O-].Cl. The Balaban J connectivity index is 0.00000200. The van der Waals surface area contributed by atoms with E-state index in [9.17, 15) is 10.1 Å². The lowest BCUT2D eigenvalue weighted by atomic mass is 9.90. The van der Waals surface area contributed by atoms with Crippen LogP contribution in [-0.2, 0) is 6.54 Å². The van der Waals surface area contributed by atoms with Crippen LogP contribution >= 0.6 is 12.4 Å². The molecule has 5 nitrogen and oxygen atoms in total. The highest BCUT2D eigenvalue weighted by molar-refractivity contribution is 5.85. The minimum absolute atomic E-state index is 0. The Morgan fingerprint density at radius 3 is 2.75 bits per heavy atom. The van der Waals surface area contributed by atoms with Gasteiger partial charge in [-0.25, -0.2) is 0 Å². The van der Waals surface area contributed by atoms with Crippen molar-refractivity contribution in [3.05, 3.63) is 39.4 Å². The highest BCUT2D eigenvalue weighted by Gasteiger charge is 2.32. The van der Waals surface area contributed by atoms with E-state index in [0.29, 0.717) is 12.1 Å². The van der Waals surface area contributed by atoms with E-state index in [-0.39, 0.29) is 28.4 Å². The fourth-order valence-corrected chi connectivity index (χ4v) is 2.64. The summed E-state index contributed by atoms with van der Waals surface area (Å²) in [6, 6.07) is 5.49. The Morgan fingerprint density at radius 2 is 2.20 bits per heavy atom. The van der Waals surface area contributed by atoms with Crippen molar-refractivity contribution in [3.8, 4) is 0 Å². The third kappa shape index (κ3) is 3.69. The second kappa shape index (κ2) is 6.52. The quantitative estimate of drug-likeness (QED) is 0.685. The highest BCUT2D eigenvalue weighted by atomic mass is 35.5. The number of halogens is 1. The van der Waals surface area contributed by atoms with Crippen LogP contribution in [0.4, 0.5) is 5.69 Å². The Kier molecular flexibility index (Phi) is 5.50. The zero-order valence-corrected chi connectivity index (χ0v) is 12.8. The lowest BCUT2D eigenvalue weighted by Crippen LogP contribution is -2.31. The van der Waals surface area contributed by atoms with Gasteiger partial charge >= 0.3 is 0 Å². The van der Waals surface area contributed by atoms with Crippen LogP contribution in [0.25, 0.3) is 0 Å². The van der Waals surface area contributed by atoms with Crippen LogP contribution in [0.15, 0.2) is 18.2 Å². The van der Waals surface area contributed by atoms with E-state index in [1.807, 2.05) is 12.1 Å². The molecule has 1 saturated heterocycles. The average Bonchev–Trinajstić information content (AvgIpc) is 2.74. The zero-order valence-electron chi connectivity index (χ0n) is 12.0. The number of nitrogens with zero attached hydrogens (tertiary/aromatic N) is 2. The molecular formula is C14H22ClN3O2. The first-order valence-corrected chi connectivity index (χ1v) is 6.60. The van der Waals surface area contributed by atoms with Gasteiger partial charge in [0.25, 0.3) is 5.69 Å². The minimum Gasteiger partial charge on any atom is -0.330 e. The van der Waals surface area contributed by atoms with Gasteiger partial charge < -0.3 is 5.73 Å². The molecule has 20 heavy (non-hydrogen) atoms. The molecule has 1 aliphatic heterocycles. The molecule has 0 aliphatic carbocycles. The number of nitrogens with two attached hydrogens (primary N) is 1. The molecule has 1 aromatic carbocycles. The Bertz CT molecular complexity index is 495. The maximum atomic E-state index is 10.9. The molecule has 6 heteroatoms. The summed E-state index contributed by atoms with van der Waals surface area (Å²) in [4.78, 5) is 12.9. The first kappa shape index (κ1) is 16.9. The molecule has 0 bridgehead atoms. The van der Waals surface area contributed by atoms with Gasteiger partial charge in [-0.2, -0.15) is 0 Å². The molecule has 0 aromatic heterocycles. The van der Waals surface area contributed by atoms with Crippen LogP contribution in [0.2, 0.25) is 0 Å². The fourth-order valence-electron chi connectivity index (χ4n) is 2.64. The summed E-state index contributed by atoms with van der Waals surface area (Å²) < 4.78 is 0. The molecule has 112 valence electrons. The number of likely N-dealkylation sites (tertiary alicyclic amines) is 1. The van der Waals surface area contributed by atoms with Gasteiger partial charge in [-0.05, 0) is 37.4 Å². The minimum atomic E-state index is -0.313. The highest BCUT2D eigenvalue weighted by Crippen LogP contribution is 2.30. The van der Waals surface area contributed by atoms with E-state index in [4.69, 9.17) is 5.73 Å². The van der Waals surface area contributed by atoms with Gasteiger partial charge in [0.05, 0.1) is 4.92 Å². The first-order valence-electron chi connectivity index (χ1n) is 6.60. The van der Waals surface area contributed by atoms with Crippen LogP contribution in [0, 0.1) is 22.5 Å². The van der Waals surface area contributed by atoms with E-state index in [0.717, 1.165) is 31.6 Å². The third-order valence-corrected chi connectivity index (χ3v) is 4.01. The molecule has 1 aliphatic rings.